The highest BCUT2D eigenvalue weighted by Crippen LogP contribution is 2.46. The standard InChI is InChI=1S/C29H32N6O3/c1-17-25(18(2)38-33-17)21-9-10-23-26-27(21)37-16-24(22-8-3-4-13-30-22)35(26)29(32-23)34-14-11-20(12-15-34)31-28(36)19-6-5-7-19/h3-4,8-10,13,19-20,24H,5-7,11-12,14-16H2,1-2H3,(H,31,36). The van der Waals surface area contributed by atoms with Crippen molar-refractivity contribution in [2.24, 2.45) is 5.92 Å². The number of hydrogen-bond acceptors (Lipinski definition) is 7. The third-order valence-corrected chi connectivity index (χ3v) is 8.42. The van der Waals surface area contributed by atoms with Crippen LogP contribution in [0.2, 0.25) is 0 Å². The number of benzene rings is 1. The lowest BCUT2D eigenvalue weighted by Gasteiger charge is -2.36. The molecule has 1 saturated carbocycles. The van der Waals surface area contributed by atoms with E-state index in [1.54, 1.807) is 0 Å². The summed E-state index contributed by atoms with van der Waals surface area (Å²) in [5.41, 5.74) is 5.59. The first-order chi connectivity index (χ1) is 18.6. The van der Waals surface area contributed by atoms with Gasteiger partial charge in [0.15, 0.2) is 5.75 Å². The number of amides is 1. The van der Waals surface area contributed by atoms with Crippen molar-refractivity contribution in [3.63, 3.8) is 0 Å². The van der Waals surface area contributed by atoms with Crippen LogP contribution in [0.3, 0.4) is 0 Å². The second-order valence-electron chi connectivity index (χ2n) is 10.8. The van der Waals surface area contributed by atoms with E-state index in [0.29, 0.717) is 6.61 Å². The number of piperidine rings is 1. The van der Waals surface area contributed by atoms with Crippen LogP contribution in [0.5, 0.6) is 5.75 Å². The maximum Gasteiger partial charge on any atom is 0.223 e. The van der Waals surface area contributed by atoms with E-state index >= 15 is 0 Å². The van der Waals surface area contributed by atoms with Crippen molar-refractivity contribution in [1.82, 2.24) is 25.0 Å². The molecule has 1 aromatic carbocycles. The van der Waals surface area contributed by atoms with Gasteiger partial charge >= 0.3 is 0 Å². The third kappa shape index (κ3) is 3.75. The first-order valence-electron chi connectivity index (χ1n) is 13.7. The molecule has 1 amide bonds. The van der Waals surface area contributed by atoms with E-state index in [2.05, 4.69) is 43.1 Å². The number of aryl methyl sites for hydroxylation is 2. The number of carbonyl (C=O) groups is 1. The van der Waals surface area contributed by atoms with Crippen LogP contribution in [0.4, 0.5) is 5.95 Å². The fourth-order valence-electron chi connectivity index (χ4n) is 6.12. The molecule has 1 unspecified atom stereocenters. The number of hydrogen-bond donors (Lipinski definition) is 1. The van der Waals surface area contributed by atoms with E-state index in [-0.39, 0.29) is 23.9 Å². The van der Waals surface area contributed by atoms with Crippen LogP contribution in [0, 0.1) is 19.8 Å². The molecule has 1 atom stereocenters. The Kier molecular flexibility index (Phi) is 5.60. The number of carbonyl (C=O) groups excluding carboxylic acids is 1. The molecule has 196 valence electrons. The van der Waals surface area contributed by atoms with Gasteiger partial charge in [-0.2, -0.15) is 0 Å². The van der Waals surface area contributed by atoms with Crippen LogP contribution in [-0.2, 0) is 4.79 Å². The van der Waals surface area contributed by atoms with Gasteiger partial charge in [-0.05, 0) is 63.8 Å². The minimum absolute atomic E-state index is 0.0975. The summed E-state index contributed by atoms with van der Waals surface area (Å²) in [5, 5.41) is 7.47. The van der Waals surface area contributed by atoms with Crippen LogP contribution >= 0.6 is 0 Å². The van der Waals surface area contributed by atoms with Crippen LogP contribution in [0.1, 0.15) is 55.3 Å². The van der Waals surface area contributed by atoms with E-state index in [1.165, 1.54) is 6.42 Å². The monoisotopic (exact) mass is 512 g/mol. The number of aromatic nitrogens is 4. The molecule has 9 nitrogen and oxygen atoms in total. The van der Waals surface area contributed by atoms with Crippen molar-refractivity contribution in [2.75, 3.05) is 24.6 Å². The Morgan fingerprint density at radius 3 is 2.61 bits per heavy atom. The predicted octanol–water partition coefficient (Wildman–Crippen LogP) is 4.57. The van der Waals surface area contributed by atoms with Crippen molar-refractivity contribution < 1.29 is 14.1 Å². The molecule has 2 fully saturated rings. The van der Waals surface area contributed by atoms with Crippen molar-refractivity contribution in [2.45, 2.75) is 58.0 Å². The maximum absolute atomic E-state index is 12.5. The smallest absolute Gasteiger partial charge is 0.223 e. The highest BCUT2D eigenvalue weighted by Gasteiger charge is 2.35. The van der Waals surface area contributed by atoms with Gasteiger partial charge in [0, 0.05) is 36.8 Å². The van der Waals surface area contributed by atoms with E-state index in [4.69, 9.17) is 14.2 Å². The largest absolute Gasteiger partial charge is 0.488 e. The molecule has 0 radical (unpaired) electrons. The van der Waals surface area contributed by atoms with Crippen LogP contribution in [0.25, 0.3) is 22.2 Å². The summed E-state index contributed by atoms with van der Waals surface area (Å²) in [4.78, 5) is 24.7. The fraction of sp³-hybridized carbons (Fsp3) is 0.448. The van der Waals surface area contributed by atoms with Crippen molar-refractivity contribution in [3.8, 4) is 16.9 Å². The van der Waals surface area contributed by atoms with Gasteiger partial charge in [0.1, 0.15) is 23.9 Å². The van der Waals surface area contributed by atoms with E-state index in [0.717, 1.165) is 89.8 Å². The molecule has 0 bridgehead atoms. The van der Waals surface area contributed by atoms with E-state index in [9.17, 15) is 4.79 Å². The van der Waals surface area contributed by atoms with Gasteiger partial charge in [-0.15, -0.1) is 0 Å². The molecule has 7 rings (SSSR count). The van der Waals surface area contributed by atoms with Gasteiger partial charge in [0.2, 0.25) is 11.9 Å². The molecule has 1 N–H and O–H groups in total. The number of pyridine rings is 1. The van der Waals surface area contributed by atoms with Gasteiger partial charge in [-0.3, -0.25) is 14.3 Å². The van der Waals surface area contributed by atoms with Gasteiger partial charge in [-0.25, -0.2) is 4.98 Å². The molecule has 5 heterocycles. The number of imidazole rings is 1. The van der Waals surface area contributed by atoms with Gasteiger partial charge in [0.05, 0.1) is 22.5 Å². The summed E-state index contributed by atoms with van der Waals surface area (Å²) >= 11 is 0. The summed E-state index contributed by atoms with van der Waals surface area (Å²) in [5.74, 6) is 2.97. The number of ether oxygens (including phenoxy) is 1. The van der Waals surface area contributed by atoms with Crippen LogP contribution < -0.4 is 15.0 Å². The molecular formula is C29H32N6O3. The molecule has 1 saturated heterocycles. The quantitative estimate of drug-likeness (QED) is 0.418. The first-order valence-corrected chi connectivity index (χ1v) is 13.7. The Labute approximate surface area is 221 Å². The predicted molar refractivity (Wildman–Crippen MR) is 143 cm³/mol. The minimum Gasteiger partial charge on any atom is -0.488 e. The van der Waals surface area contributed by atoms with Crippen molar-refractivity contribution in [1.29, 1.82) is 0 Å². The molecule has 3 aromatic heterocycles. The average molecular weight is 513 g/mol. The molecule has 9 heteroatoms. The highest BCUT2D eigenvalue weighted by atomic mass is 16.5. The zero-order chi connectivity index (χ0) is 25.8. The molecule has 1 aliphatic carbocycles. The summed E-state index contributed by atoms with van der Waals surface area (Å²) in [6, 6.07) is 10.3. The Morgan fingerprint density at radius 1 is 1.08 bits per heavy atom. The number of nitrogens with one attached hydrogen (secondary N) is 1. The lowest BCUT2D eigenvalue weighted by atomic mass is 9.84. The topological polar surface area (TPSA) is 98.3 Å². The molecule has 3 aliphatic rings. The first kappa shape index (κ1) is 23.3. The Balaban J connectivity index is 1.27. The summed E-state index contributed by atoms with van der Waals surface area (Å²) in [6.07, 6.45) is 6.88. The van der Waals surface area contributed by atoms with Crippen molar-refractivity contribution >= 4 is 22.9 Å². The van der Waals surface area contributed by atoms with Crippen LogP contribution in [-0.4, -0.2) is 51.3 Å². The average Bonchev–Trinajstić information content (AvgIpc) is 3.45. The summed E-state index contributed by atoms with van der Waals surface area (Å²) in [7, 11) is 0. The van der Waals surface area contributed by atoms with E-state index < -0.39 is 0 Å². The van der Waals surface area contributed by atoms with Gasteiger partial charge in [0.25, 0.3) is 0 Å². The zero-order valence-corrected chi connectivity index (χ0v) is 21.8. The lowest BCUT2D eigenvalue weighted by Crippen LogP contribution is -2.48. The molecule has 4 aromatic rings. The van der Waals surface area contributed by atoms with E-state index in [1.807, 2.05) is 32.2 Å². The molecule has 2 aliphatic heterocycles. The minimum atomic E-state index is -0.0975. The number of anilines is 1. The number of rotatable bonds is 5. The second-order valence-corrected chi connectivity index (χ2v) is 10.8. The van der Waals surface area contributed by atoms with Gasteiger partial charge < -0.3 is 19.5 Å². The highest BCUT2D eigenvalue weighted by molar-refractivity contribution is 5.94. The maximum atomic E-state index is 12.5. The Morgan fingerprint density at radius 2 is 1.92 bits per heavy atom. The second kappa shape index (κ2) is 9.15. The normalized spacial score (nSPS) is 19.8. The fourth-order valence-corrected chi connectivity index (χ4v) is 6.12. The SMILES string of the molecule is Cc1noc(C)c1-c1ccc2nc(N3CCC(NC(=O)C4CCC4)CC3)n3c2c1OCC3c1ccccn1. The van der Waals surface area contributed by atoms with Gasteiger partial charge in [-0.1, -0.05) is 17.6 Å². The summed E-state index contributed by atoms with van der Waals surface area (Å²) in [6.45, 7) is 6.01. The lowest BCUT2D eigenvalue weighted by molar-refractivity contribution is -0.128. The molecular weight excluding hydrogens is 480 g/mol. The Bertz CT molecular complexity index is 1480. The van der Waals surface area contributed by atoms with Crippen molar-refractivity contribution in [3.05, 3.63) is 53.7 Å². The molecule has 0 spiro atoms. The third-order valence-electron chi connectivity index (χ3n) is 8.42. The van der Waals surface area contributed by atoms with Crippen LogP contribution in [0.15, 0.2) is 41.1 Å². The zero-order valence-electron chi connectivity index (χ0n) is 21.8. The Hall–Kier alpha value is -3.88. The molecule has 38 heavy (non-hydrogen) atoms. The number of nitrogens with zero attached hydrogens (tertiary/aromatic N) is 5. The summed E-state index contributed by atoms with van der Waals surface area (Å²) < 4.78 is 14.3.